The molecule has 0 bridgehead atoms. The summed E-state index contributed by atoms with van der Waals surface area (Å²) >= 11 is 0. The predicted octanol–water partition coefficient (Wildman–Crippen LogP) is 3.03. The highest BCUT2D eigenvalue weighted by Gasteiger charge is 2.44. The normalized spacial score (nSPS) is 16.1. The predicted molar refractivity (Wildman–Crippen MR) is 72.9 cm³/mol. The van der Waals surface area contributed by atoms with E-state index < -0.39 is 5.41 Å². The van der Waals surface area contributed by atoms with Crippen LogP contribution in [0.4, 0.5) is 5.69 Å². The second-order valence-electron chi connectivity index (χ2n) is 4.91. The zero-order valence-corrected chi connectivity index (χ0v) is 11.3. The Labute approximate surface area is 113 Å². The van der Waals surface area contributed by atoms with Gasteiger partial charge in [0.1, 0.15) is 11.2 Å². The third-order valence-electron chi connectivity index (χ3n) is 3.59. The van der Waals surface area contributed by atoms with Crippen molar-refractivity contribution in [2.24, 2.45) is 5.41 Å². The number of nitrogens with zero attached hydrogens (tertiary/aromatic N) is 1. The minimum atomic E-state index is -0.813. The van der Waals surface area contributed by atoms with Gasteiger partial charge in [0.15, 0.2) is 0 Å². The maximum absolute atomic E-state index is 12.1. The molecule has 1 amide bonds. The number of benzene rings is 1. The van der Waals surface area contributed by atoms with Crippen molar-refractivity contribution in [3.63, 3.8) is 0 Å². The number of anilines is 1. The first kappa shape index (κ1) is 13.4. The Bertz CT molecular complexity index is 527. The second kappa shape index (κ2) is 5.31. The highest BCUT2D eigenvalue weighted by molar-refractivity contribution is 5.98. The van der Waals surface area contributed by atoms with E-state index in [-0.39, 0.29) is 5.91 Å². The molecule has 4 heteroatoms. The summed E-state index contributed by atoms with van der Waals surface area (Å²) < 4.78 is 5.45. The molecule has 1 aromatic carbocycles. The second-order valence-corrected chi connectivity index (χ2v) is 4.91. The van der Waals surface area contributed by atoms with Crippen LogP contribution in [-0.2, 0) is 4.79 Å². The van der Waals surface area contributed by atoms with E-state index in [4.69, 9.17) is 10.00 Å². The first-order valence-corrected chi connectivity index (χ1v) is 6.57. The SMILES string of the molecule is CCOc1ccc(NC(=O)C2(C#N)CCC2)cc1C. The average molecular weight is 258 g/mol. The number of nitriles is 1. The first-order chi connectivity index (χ1) is 9.11. The minimum Gasteiger partial charge on any atom is -0.494 e. The molecule has 0 saturated heterocycles. The van der Waals surface area contributed by atoms with Gasteiger partial charge in [-0.1, -0.05) is 0 Å². The van der Waals surface area contributed by atoms with Gasteiger partial charge in [-0.15, -0.1) is 0 Å². The molecule has 4 nitrogen and oxygen atoms in total. The van der Waals surface area contributed by atoms with E-state index in [2.05, 4.69) is 11.4 Å². The molecule has 19 heavy (non-hydrogen) atoms. The lowest BCUT2D eigenvalue weighted by Crippen LogP contribution is -2.40. The first-order valence-electron chi connectivity index (χ1n) is 6.57. The summed E-state index contributed by atoms with van der Waals surface area (Å²) in [6.45, 7) is 4.48. The maximum Gasteiger partial charge on any atom is 0.244 e. The number of aryl methyl sites for hydroxylation is 1. The quantitative estimate of drug-likeness (QED) is 0.902. The van der Waals surface area contributed by atoms with Gasteiger partial charge < -0.3 is 10.1 Å². The lowest BCUT2D eigenvalue weighted by molar-refractivity contribution is -0.126. The van der Waals surface area contributed by atoms with Crippen molar-refractivity contribution >= 4 is 11.6 Å². The molecule has 0 radical (unpaired) electrons. The summed E-state index contributed by atoms with van der Waals surface area (Å²) in [6, 6.07) is 7.66. The molecule has 1 fully saturated rings. The Morgan fingerprint density at radius 3 is 2.74 bits per heavy atom. The van der Waals surface area contributed by atoms with Gasteiger partial charge in [-0.05, 0) is 56.9 Å². The van der Waals surface area contributed by atoms with E-state index in [1.807, 2.05) is 26.0 Å². The largest absolute Gasteiger partial charge is 0.494 e. The van der Waals surface area contributed by atoms with Crippen molar-refractivity contribution in [3.8, 4) is 11.8 Å². The van der Waals surface area contributed by atoms with E-state index in [1.165, 1.54) is 0 Å². The van der Waals surface area contributed by atoms with E-state index in [9.17, 15) is 4.79 Å². The summed E-state index contributed by atoms with van der Waals surface area (Å²) in [6.07, 6.45) is 2.26. The van der Waals surface area contributed by atoms with Gasteiger partial charge in [-0.2, -0.15) is 5.26 Å². The Morgan fingerprint density at radius 2 is 2.26 bits per heavy atom. The standard InChI is InChI=1S/C15H18N2O2/c1-3-19-13-6-5-12(9-11(13)2)17-14(18)15(10-16)7-4-8-15/h5-6,9H,3-4,7-8H2,1-2H3,(H,17,18). The Balaban J connectivity index is 2.10. The molecule has 1 N–H and O–H groups in total. The Morgan fingerprint density at radius 1 is 1.53 bits per heavy atom. The zero-order valence-electron chi connectivity index (χ0n) is 11.3. The van der Waals surface area contributed by atoms with Crippen LogP contribution >= 0.6 is 0 Å². The summed E-state index contributed by atoms with van der Waals surface area (Å²) in [4.78, 5) is 12.1. The highest BCUT2D eigenvalue weighted by Crippen LogP contribution is 2.41. The van der Waals surface area contributed by atoms with E-state index in [1.54, 1.807) is 6.07 Å². The third-order valence-corrected chi connectivity index (χ3v) is 3.59. The average Bonchev–Trinajstić information content (AvgIpc) is 2.32. The molecule has 1 saturated carbocycles. The number of carbonyl (C=O) groups excluding carboxylic acids is 1. The number of rotatable bonds is 4. The van der Waals surface area contributed by atoms with Gasteiger partial charge in [0.2, 0.25) is 5.91 Å². The number of carbonyl (C=O) groups is 1. The van der Waals surface area contributed by atoms with Crippen LogP contribution in [0.1, 0.15) is 31.7 Å². The summed E-state index contributed by atoms with van der Waals surface area (Å²) in [7, 11) is 0. The van der Waals surface area contributed by atoms with Crippen molar-refractivity contribution in [2.75, 3.05) is 11.9 Å². The van der Waals surface area contributed by atoms with E-state index in [0.717, 1.165) is 17.7 Å². The number of nitrogens with one attached hydrogen (secondary N) is 1. The smallest absolute Gasteiger partial charge is 0.244 e. The van der Waals surface area contributed by atoms with Gasteiger partial charge in [0.25, 0.3) is 0 Å². The van der Waals surface area contributed by atoms with Gasteiger partial charge in [-0.3, -0.25) is 4.79 Å². The van der Waals surface area contributed by atoms with Crippen molar-refractivity contribution in [1.29, 1.82) is 5.26 Å². The Hall–Kier alpha value is -2.02. The van der Waals surface area contributed by atoms with Crippen LogP contribution < -0.4 is 10.1 Å². The van der Waals surface area contributed by atoms with Crippen LogP contribution in [0.5, 0.6) is 5.75 Å². The molecular weight excluding hydrogens is 240 g/mol. The molecule has 1 aliphatic rings. The zero-order chi connectivity index (χ0) is 13.9. The molecular formula is C15H18N2O2. The molecule has 0 spiro atoms. The van der Waals surface area contributed by atoms with E-state index in [0.29, 0.717) is 25.1 Å². The molecule has 0 unspecified atom stereocenters. The van der Waals surface area contributed by atoms with Gasteiger partial charge in [-0.25, -0.2) is 0 Å². The minimum absolute atomic E-state index is 0.190. The van der Waals surface area contributed by atoms with Crippen molar-refractivity contribution in [3.05, 3.63) is 23.8 Å². The number of ether oxygens (including phenoxy) is 1. The van der Waals surface area contributed by atoms with Crippen LogP contribution in [0.15, 0.2) is 18.2 Å². The maximum atomic E-state index is 12.1. The monoisotopic (exact) mass is 258 g/mol. The molecule has 0 aliphatic heterocycles. The van der Waals surface area contributed by atoms with E-state index >= 15 is 0 Å². The van der Waals surface area contributed by atoms with Crippen LogP contribution in [-0.4, -0.2) is 12.5 Å². The number of hydrogen-bond acceptors (Lipinski definition) is 3. The highest BCUT2D eigenvalue weighted by atomic mass is 16.5. The van der Waals surface area contributed by atoms with Crippen LogP contribution in [0.25, 0.3) is 0 Å². The molecule has 1 aromatic rings. The van der Waals surface area contributed by atoms with Gasteiger partial charge in [0, 0.05) is 5.69 Å². The molecule has 100 valence electrons. The lowest BCUT2D eigenvalue weighted by atomic mass is 9.69. The summed E-state index contributed by atoms with van der Waals surface area (Å²) in [5, 5.41) is 12.0. The fourth-order valence-corrected chi connectivity index (χ4v) is 2.22. The molecule has 0 atom stereocenters. The fourth-order valence-electron chi connectivity index (χ4n) is 2.22. The van der Waals surface area contributed by atoms with Crippen LogP contribution in [0.3, 0.4) is 0 Å². The number of hydrogen-bond donors (Lipinski definition) is 1. The molecule has 2 rings (SSSR count). The van der Waals surface area contributed by atoms with Crippen molar-refractivity contribution in [1.82, 2.24) is 0 Å². The summed E-state index contributed by atoms with van der Waals surface area (Å²) in [5.41, 5.74) is 0.874. The van der Waals surface area contributed by atoms with Crippen LogP contribution in [0, 0.1) is 23.7 Å². The van der Waals surface area contributed by atoms with Gasteiger partial charge in [0.05, 0.1) is 12.7 Å². The molecule has 1 aliphatic carbocycles. The van der Waals surface area contributed by atoms with Crippen molar-refractivity contribution in [2.45, 2.75) is 33.1 Å². The van der Waals surface area contributed by atoms with Crippen LogP contribution in [0.2, 0.25) is 0 Å². The molecule has 0 aromatic heterocycles. The van der Waals surface area contributed by atoms with Gasteiger partial charge >= 0.3 is 0 Å². The fraction of sp³-hybridized carbons (Fsp3) is 0.467. The lowest BCUT2D eigenvalue weighted by Gasteiger charge is -2.33. The third kappa shape index (κ3) is 2.55. The topological polar surface area (TPSA) is 62.1 Å². The Kier molecular flexibility index (Phi) is 3.75. The molecule has 0 heterocycles. The van der Waals surface area contributed by atoms with Crippen molar-refractivity contribution < 1.29 is 9.53 Å². The summed E-state index contributed by atoms with van der Waals surface area (Å²) in [5.74, 6) is 0.629. The number of amides is 1.